The molecule has 18 atom stereocenters. The third-order valence-electron chi connectivity index (χ3n) is 19.4. The molecule has 0 aromatic rings. The Bertz CT molecular complexity index is 3630. The lowest BCUT2D eigenvalue weighted by Gasteiger charge is -2.44. The number of carbonyl (C=O) groups excluding carboxylic acids is 17. The van der Waals surface area contributed by atoms with Crippen LogP contribution in [0.2, 0.25) is 0 Å². The summed E-state index contributed by atoms with van der Waals surface area (Å²) in [6.07, 6.45) is -19.7. The molecule has 128 heavy (non-hydrogen) atoms. The van der Waals surface area contributed by atoms with Crippen molar-refractivity contribution in [2.24, 2.45) is 17.4 Å². The van der Waals surface area contributed by atoms with Crippen molar-refractivity contribution in [3.05, 3.63) is 0 Å². The molecule has 724 valence electrons. The van der Waals surface area contributed by atoms with E-state index in [1.54, 1.807) is 0 Å². The normalized spacial score (nSPS) is 24.7. The zero-order chi connectivity index (χ0) is 95.7. The lowest BCUT2D eigenvalue weighted by molar-refractivity contribution is -0.279. The minimum absolute atomic E-state index is 0.0663. The van der Waals surface area contributed by atoms with E-state index in [1.807, 2.05) is 32.4 Å². The zero-order valence-corrected chi connectivity index (χ0v) is 76.2. The number of carbonyl (C=O) groups is 17. The van der Waals surface area contributed by atoms with Crippen LogP contribution in [0.25, 0.3) is 0 Å². The number of primary amides is 1. The van der Waals surface area contributed by atoms with E-state index in [4.69, 9.17) is 106 Å². The van der Waals surface area contributed by atoms with Crippen molar-refractivity contribution < 1.29 is 176 Å². The number of Topliss-reactive ketones (excluding diaryl/α,β-unsaturated/α-hetero) is 1. The molecule has 9 N–H and O–H groups in total. The van der Waals surface area contributed by atoms with E-state index < -0.39 is 310 Å². The Kier molecular flexibility index (Phi) is 49.3. The minimum atomic E-state index is -2.83. The van der Waals surface area contributed by atoms with Gasteiger partial charge in [0.15, 0.2) is 66.8 Å². The summed E-state index contributed by atoms with van der Waals surface area (Å²) < 4.78 is 118. The Labute approximate surface area is 743 Å². The fraction of sp³-hybridized carbons (Fsp3) is 0.775. The molecule has 3 aliphatic heterocycles. The fourth-order valence-corrected chi connectivity index (χ4v) is 16.1. The van der Waals surface area contributed by atoms with E-state index in [1.165, 1.54) is 0 Å². The first-order chi connectivity index (χ1) is 60.4. The smallest absolute Gasteiger partial charge is 0.303 e. The number of rotatable bonds is 55. The lowest BCUT2D eigenvalue weighted by Crippen LogP contribution is -2.69. The second-order valence-corrected chi connectivity index (χ2v) is 32.2. The van der Waals surface area contributed by atoms with Gasteiger partial charge in [-0.3, -0.25) is 81.5 Å². The predicted molar refractivity (Wildman–Crippen MR) is 435 cm³/mol. The highest BCUT2D eigenvalue weighted by atomic mass is 31.2. The summed E-state index contributed by atoms with van der Waals surface area (Å²) in [4.78, 5) is 225. The highest BCUT2D eigenvalue weighted by Gasteiger charge is 2.56. The molecule has 3 saturated heterocycles. The molecule has 1 unspecified atom stereocenters. The number of esters is 9. The minimum Gasteiger partial charge on any atom is -0.463 e. The van der Waals surface area contributed by atoms with Gasteiger partial charge in [0.25, 0.3) is 14.4 Å². The molecule has 48 heteroatoms. The van der Waals surface area contributed by atoms with Crippen LogP contribution in [0.1, 0.15) is 169 Å². The first kappa shape index (κ1) is 111. The van der Waals surface area contributed by atoms with Crippen LogP contribution in [0.4, 0.5) is 0 Å². The van der Waals surface area contributed by atoms with Gasteiger partial charge in [-0.25, -0.2) is 4.67 Å². The van der Waals surface area contributed by atoms with Crippen molar-refractivity contribution in [3.8, 4) is 6.07 Å². The van der Waals surface area contributed by atoms with Gasteiger partial charge in [0.05, 0.1) is 90.7 Å². The molecule has 4 rings (SSSR count). The second-order valence-electron chi connectivity index (χ2n) is 30.7. The molecule has 47 nitrogen and oxygen atoms in total. The van der Waals surface area contributed by atoms with Crippen LogP contribution >= 0.6 is 8.53 Å². The third kappa shape index (κ3) is 38.7. The van der Waals surface area contributed by atoms with E-state index in [-0.39, 0.29) is 90.4 Å². The summed E-state index contributed by atoms with van der Waals surface area (Å²) >= 11 is 0. The maximum absolute atomic E-state index is 16.4. The molecule has 7 amide bonds. The van der Waals surface area contributed by atoms with Crippen LogP contribution in [0.3, 0.4) is 0 Å². The van der Waals surface area contributed by atoms with Crippen LogP contribution in [0.5, 0.6) is 0 Å². The number of hydrogen-bond acceptors (Lipinski definition) is 40. The summed E-state index contributed by atoms with van der Waals surface area (Å²) in [5.41, 5.74) is 9.48. The van der Waals surface area contributed by atoms with Gasteiger partial charge in [0, 0.05) is 134 Å². The number of nitrogens with zero attached hydrogens (tertiary/aromatic N) is 3. The van der Waals surface area contributed by atoms with E-state index in [9.17, 15) is 72.4 Å². The van der Waals surface area contributed by atoms with Crippen molar-refractivity contribution in [1.82, 2.24) is 36.2 Å². The van der Waals surface area contributed by atoms with Crippen molar-refractivity contribution in [2.75, 3.05) is 106 Å². The predicted octanol–water partition coefficient (Wildman–Crippen LogP) is -1.35. The van der Waals surface area contributed by atoms with Gasteiger partial charge in [-0.15, -0.1) is 0 Å². The Morgan fingerprint density at radius 3 is 1.18 bits per heavy atom. The average Bonchev–Trinajstić information content (AvgIpc) is 0.784. The number of nitrogens with one attached hydrogen (secondary N) is 5. The van der Waals surface area contributed by atoms with Crippen molar-refractivity contribution >= 4 is 109 Å². The van der Waals surface area contributed by atoms with Gasteiger partial charge in [0.1, 0.15) is 56.3 Å². The number of ether oxygens (including phenoxy) is 18. The lowest BCUT2D eigenvalue weighted by atomic mass is 9.80. The highest BCUT2D eigenvalue weighted by molar-refractivity contribution is 7.44. The molecule has 0 radical (unpaired) electrons. The van der Waals surface area contributed by atoms with Gasteiger partial charge in [-0.05, 0) is 66.2 Å². The summed E-state index contributed by atoms with van der Waals surface area (Å²) in [7, 11) is -1.75. The number of hydrogen-bond donors (Lipinski definition) is 7. The largest absolute Gasteiger partial charge is 0.463 e. The van der Waals surface area contributed by atoms with Crippen LogP contribution in [0.15, 0.2) is 0 Å². The summed E-state index contributed by atoms with van der Waals surface area (Å²) in [5, 5.41) is 22.6. The van der Waals surface area contributed by atoms with Crippen molar-refractivity contribution in [2.45, 2.75) is 290 Å². The van der Waals surface area contributed by atoms with Gasteiger partial charge >= 0.3 is 53.7 Å². The van der Waals surface area contributed by atoms with Gasteiger partial charge in [-0.1, -0.05) is 0 Å². The molecular weight excluding hydrogens is 1720 g/mol. The zero-order valence-electron chi connectivity index (χ0n) is 75.3. The molecule has 0 bridgehead atoms. The molecule has 0 aromatic carbocycles. The molecule has 1 aliphatic carbocycles. The van der Waals surface area contributed by atoms with Crippen molar-refractivity contribution in [3.63, 3.8) is 0 Å². The second kappa shape index (κ2) is 56.9. The number of nitriles is 1. The first-order valence-corrected chi connectivity index (χ1v) is 43.0. The summed E-state index contributed by atoms with van der Waals surface area (Å²) in [5.74, 6) is -15.4. The van der Waals surface area contributed by atoms with Crippen molar-refractivity contribution in [1.29, 1.82) is 5.26 Å². The van der Waals surface area contributed by atoms with E-state index in [0.29, 0.717) is 0 Å². The molecule has 0 spiro atoms. The molecule has 4 aliphatic rings. The van der Waals surface area contributed by atoms with Crippen LogP contribution < -0.4 is 38.1 Å². The quantitative estimate of drug-likeness (QED) is 0.0122. The first-order valence-electron chi connectivity index (χ1n) is 41.9. The van der Waals surface area contributed by atoms with Crippen LogP contribution in [0, 0.1) is 17.2 Å². The molecule has 3 heterocycles. The van der Waals surface area contributed by atoms with E-state index in [0.717, 1.165) is 88.0 Å². The Morgan fingerprint density at radius 2 is 0.844 bits per heavy atom. The third-order valence-corrected chi connectivity index (χ3v) is 21.6. The highest BCUT2D eigenvalue weighted by Crippen LogP contribution is 2.49. The number of ketones is 1. The fourth-order valence-electron chi connectivity index (χ4n) is 14.3. The van der Waals surface area contributed by atoms with E-state index >= 15 is 14.4 Å². The SMILES string of the molecule is CC(=O)N[C@H]1[C@H](OCCOCCNC(=O)CC[C@@](NC(=O)C2CCC(OP(OCCC#N)N(C(C)C)C(C)C)CC2)(C(=O)[C@@H](N)CCC(N)=O)C(=O)N(CCOCCO[C@@H]2O[C@H](COC(C)=O)[C@H](OC(C)=O)[C@H](OC(C)=O)[C@H]2NC(C)=O)CCOCCO[C@@H]2O[C@H](COC(C)=O)[C@H](OC(C)=O)[C@H](OC(C)=O)[C@H]2NC(C)=O)O[C@H](COC(C)=O)[C@H](OC(C)=O)[C@@H]1OC(C)=O. The average molecular weight is 1850 g/mol. The Morgan fingerprint density at radius 1 is 0.477 bits per heavy atom. The molecule has 4 fully saturated rings. The Balaban J connectivity index is 1.82. The Hall–Kier alpha value is -9.41. The maximum Gasteiger partial charge on any atom is 0.303 e. The summed E-state index contributed by atoms with van der Waals surface area (Å²) in [6.45, 7) is 14.7. The molecular formula is C80H127N10O37P. The van der Waals surface area contributed by atoms with Gasteiger partial charge in [-0.2, -0.15) is 5.26 Å². The summed E-state index contributed by atoms with van der Waals surface area (Å²) in [6, 6.07) is -3.95. The van der Waals surface area contributed by atoms with E-state index in [2.05, 4.69) is 32.7 Å². The monoisotopic (exact) mass is 1850 g/mol. The number of amides is 7. The molecule has 1 saturated carbocycles. The van der Waals surface area contributed by atoms with Gasteiger partial charge < -0.3 is 137 Å². The maximum atomic E-state index is 16.4. The van der Waals surface area contributed by atoms with Crippen LogP contribution in [-0.2, 0) is 176 Å². The topological polar surface area (TPSA) is 617 Å². The molecule has 0 aromatic heterocycles. The van der Waals surface area contributed by atoms with Gasteiger partial charge in [0.2, 0.25) is 35.4 Å². The standard InChI is InChI=1S/C80H127N10O37P/c1-43(2)90(44(3)4)128(117-30-17-26-81)127-58-20-18-57(19-21-58)75(106)88-80(74(105)59(82)22-23-63(83)103,25-24-64(104)84-27-31-108-34-37-111-76-65(85-45(5)91)71(121-54(14)100)68(118-51(11)97)60(124-76)40-114-48(8)94)79(107)89(28-32-109-35-38-112-77-66(86-46(6)92)72(122-55(15)101)69(119-52(12)98)61(125-77)41-115-49(9)95)29-33-110-36-39-113-78-67(87-47(7)93)73(123-56(16)102)70(120-53(13)99)62(126-78)42-116-50(10)96/h43-44,57-62,65-73,76-78H,17-25,27-42,82H2,1-16H3,(H2,83,103)(H,84,104)(H,85,91)(H,86,92)(H,87,93)(H,88,106)/t57?,58?,59-,60+,61+,62+,65+,66+,67+,68-,69-,70-,71+,72+,73+,76+,77+,78+,80+,128?/m0/s1. The van der Waals surface area contributed by atoms with Crippen LogP contribution in [-0.4, -0.2) is 338 Å². The number of nitrogens with two attached hydrogens (primary N) is 2.